The van der Waals surface area contributed by atoms with E-state index in [1.165, 1.54) is 20.2 Å². The first-order valence-electron chi connectivity index (χ1n) is 9.03. The monoisotopic (exact) mass is 467 g/mol. The molecule has 0 aromatic heterocycles. The van der Waals surface area contributed by atoms with Gasteiger partial charge in [0.15, 0.2) is 0 Å². The van der Waals surface area contributed by atoms with Crippen molar-refractivity contribution in [1.29, 1.82) is 0 Å². The normalized spacial score (nSPS) is 11.8. The Morgan fingerprint density at radius 3 is 2.36 bits per heavy atom. The molecule has 0 fully saturated rings. The highest BCUT2D eigenvalue weighted by Crippen LogP contribution is 2.26. The molecule has 0 aliphatic rings. The number of amides is 1. The highest BCUT2D eigenvalue weighted by molar-refractivity contribution is 9.10. The Morgan fingerprint density at radius 2 is 1.75 bits per heavy atom. The molecule has 0 heterocycles. The van der Waals surface area contributed by atoms with Crippen LogP contribution in [0.4, 0.5) is 5.69 Å². The molecule has 0 atom stereocenters. The van der Waals surface area contributed by atoms with E-state index in [0.29, 0.717) is 10.2 Å². The minimum Gasteiger partial charge on any atom is -0.322 e. The van der Waals surface area contributed by atoms with Crippen LogP contribution in [0.25, 0.3) is 0 Å². The van der Waals surface area contributed by atoms with Gasteiger partial charge < -0.3 is 5.32 Å². The molecule has 2 aromatic carbocycles. The standard InChI is InChI=1S/C20H26BrN3O3S/c1-5-24(6-2)14-15-8-7-9-17(12-15)22-20(25)16-10-11-18(21)19(13-16)28(26,27)23(3)4/h7-13H,5-6,14H2,1-4H3,(H,22,25). The number of anilines is 1. The van der Waals surface area contributed by atoms with Gasteiger partial charge in [0, 0.05) is 36.4 Å². The first kappa shape index (κ1) is 22.5. The van der Waals surface area contributed by atoms with Crippen LogP contribution in [0.15, 0.2) is 51.8 Å². The Kier molecular flexibility index (Phi) is 7.77. The summed E-state index contributed by atoms with van der Waals surface area (Å²) >= 11 is 3.25. The van der Waals surface area contributed by atoms with E-state index in [0.717, 1.165) is 29.5 Å². The van der Waals surface area contributed by atoms with Gasteiger partial charge in [-0.05, 0) is 64.9 Å². The summed E-state index contributed by atoms with van der Waals surface area (Å²) in [7, 11) is -0.753. The van der Waals surface area contributed by atoms with E-state index in [-0.39, 0.29) is 16.4 Å². The van der Waals surface area contributed by atoms with Gasteiger partial charge in [-0.15, -0.1) is 0 Å². The molecule has 28 heavy (non-hydrogen) atoms. The summed E-state index contributed by atoms with van der Waals surface area (Å²) in [5.74, 6) is -0.359. The van der Waals surface area contributed by atoms with Crippen LogP contribution in [0.3, 0.4) is 0 Å². The van der Waals surface area contributed by atoms with Crippen LogP contribution in [-0.2, 0) is 16.6 Å². The van der Waals surface area contributed by atoms with Crippen LogP contribution >= 0.6 is 15.9 Å². The van der Waals surface area contributed by atoms with Crippen LogP contribution in [0.5, 0.6) is 0 Å². The van der Waals surface area contributed by atoms with Gasteiger partial charge in [-0.1, -0.05) is 26.0 Å². The fourth-order valence-corrected chi connectivity index (χ4v) is 4.54. The molecule has 0 saturated heterocycles. The van der Waals surface area contributed by atoms with E-state index in [1.807, 2.05) is 24.3 Å². The highest BCUT2D eigenvalue weighted by atomic mass is 79.9. The Balaban J connectivity index is 2.24. The number of carbonyl (C=O) groups is 1. The Bertz CT molecular complexity index is 941. The minimum atomic E-state index is -3.66. The Hall–Kier alpha value is -1.74. The minimum absolute atomic E-state index is 0.0560. The molecular formula is C20H26BrN3O3S. The van der Waals surface area contributed by atoms with Crippen molar-refractivity contribution in [2.24, 2.45) is 0 Å². The number of carbonyl (C=O) groups excluding carboxylic acids is 1. The van der Waals surface area contributed by atoms with Crippen LogP contribution in [0, 0.1) is 0 Å². The van der Waals surface area contributed by atoms with Crippen molar-refractivity contribution in [1.82, 2.24) is 9.21 Å². The molecular weight excluding hydrogens is 442 g/mol. The summed E-state index contributed by atoms with van der Waals surface area (Å²) in [5, 5.41) is 2.85. The maximum atomic E-state index is 12.7. The number of sulfonamides is 1. The molecule has 1 amide bonds. The molecule has 0 unspecified atom stereocenters. The van der Waals surface area contributed by atoms with Crippen molar-refractivity contribution in [3.63, 3.8) is 0 Å². The van der Waals surface area contributed by atoms with E-state index in [2.05, 4.69) is 40.0 Å². The smallest absolute Gasteiger partial charge is 0.255 e. The average molecular weight is 468 g/mol. The summed E-state index contributed by atoms with van der Waals surface area (Å²) in [6.07, 6.45) is 0. The molecule has 0 spiro atoms. The molecule has 1 N–H and O–H groups in total. The lowest BCUT2D eigenvalue weighted by Gasteiger charge is -2.18. The SMILES string of the molecule is CCN(CC)Cc1cccc(NC(=O)c2ccc(Br)c(S(=O)(=O)N(C)C)c2)c1. The lowest BCUT2D eigenvalue weighted by molar-refractivity contribution is 0.102. The quantitative estimate of drug-likeness (QED) is 0.640. The summed E-state index contributed by atoms with van der Waals surface area (Å²) in [5.41, 5.74) is 2.06. The zero-order chi connectivity index (χ0) is 20.9. The van der Waals surface area contributed by atoms with E-state index in [4.69, 9.17) is 0 Å². The van der Waals surface area contributed by atoms with Crippen LogP contribution in [-0.4, -0.2) is 50.7 Å². The Morgan fingerprint density at radius 1 is 1.07 bits per heavy atom. The lowest BCUT2D eigenvalue weighted by Crippen LogP contribution is -2.23. The summed E-state index contributed by atoms with van der Waals surface area (Å²) in [4.78, 5) is 15.0. The van der Waals surface area contributed by atoms with Gasteiger partial charge in [-0.25, -0.2) is 12.7 Å². The van der Waals surface area contributed by atoms with Crippen molar-refractivity contribution in [2.75, 3.05) is 32.5 Å². The molecule has 2 rings (SSSR count). The van der Waals surface area contributed by atoms with Gasteiger partial charge in [-0.3, -0.25) is 9.69 Å². The van der Waals surface area contributed by atoms with Crippen molar-refractivity contribution in [3.8, 4) is 0 Å². The van der Waals surface area contributed by atoms with Gasteiger partial charge >= 0.3 is 0 Å². The molecule has 0 aliphatic heterocycles. The second kappa shape index (κ2) is 9.65. The second-order valence-electron chi connectivity index (χ2n) is 6.55. The zero-order valence-corrected chi connectivity index (χ0v) is 19.0. The molecule has 0 saturated carbocycles. The zero-order valence-electron chi connectivity index (χ0n) is 16.6. The molecule has 8 heteroatoms. The van der Waals surface area contributed by atoms with Crippen molar-refractivity contribution in [2.45, 2.75) is 25.3 Å². The molecule has 0 bridgehead atoms. The third-order valence-corrected chi connectivity index (χ3v) is 7.25. The number of hydrogen-bond acceptors (Lipinski definition) is 4. The van der Waals surface area contributed by atoms with E-state index in [9.17, 15) is 13.2 Å². The molecule has 152 valence electrons. The van der Waals surface area contributed by atoms with Crippen molar-refractivity contribution < 1.29 is 13.2 Å². The first-order valence-corrected chi connectivity index (χ1v) is 11.3. The fourth-order valence-electron chi connectivity index (χ4n) is 2.70. The largest absolute Gasteiger partial charge is 0.322 e. The van der Waals surface area contributed by atoms with Gasteiger partial charge in [-0.2, -0.15) is 0 Å². The van der Waals surface area contributed by atoms with Gasteiger partial charge in [0.25, 0.3) is 5.91 Å². The van der Waals surface area contributed by atoms with E-state index >= 15 is 0 Å². The molecule has 6 nitrogen and oxygen atoms in total. The van der Waals surface area contributed by atoms with E-state index in [1.54, 1.807) is 12.1 Å². The summed E-state index contributed by atoms with van der Waals surface area (Å²) in [6.45, 7) is 6.94. The predicted octanol–water partition coefficient (Wildman–Crippen LogP) is 3.79. The third-order valence-electron chi connectivity index (χ3n) is 4.44. The fraction of sp³-hybridized carbons (Fsp3) is 0.350. The predicted molar refractivity (Wildman–Crippen MR) is 116 cm³/mol. The molecule has 0 radical (unpaired) electrons. The maximum Gasteiger partial charge on any atom is 0.255 e. The highest BCUT2D eigenvalue weighted by Gasteiger charge is 2.22. The van der Waals surface area contributed by atoms with Crippen LogP contribution in [0.2, 0.25) is 0 Å². The number of nitrogens with zero attached hydrogens (tertiary/aromatic N) is 2. The number of benzene rings is 2. The number of nitrogens with one attached hydrogen (secondary N) is 1. The molecule has 2 aromatic rings. The molecule has 0 aliphatic carbocycles. The van der Waals surface area contributed by atoms with Crippen LogP contribution < -0.4 is 5.32 Å². The maximum absolute atomic E-state index is 12.7. The van der Waals surface area contributed by atoms with Crippen molar-refractivity contribution >= 4 is 37.5 Å². The van der Waals surface area contributed by atoms with E-state index < -0.39 is 10.0 Å². The average Bonchev–Trinajstić information content (AvgIpc) is 2.66. The van der Waals surface area contributed by atoms with Gasteiger partial charge in [0.1, 0.15) is 0 Å². The van der Waals surface area contributed by atoms with Gasteiger partial charge in [0.2, 0.25) is 10.0 Å². The first-order chi connectivity index (χ1) is 13.2. The third kappa shape index (κ3) is 5.41. The Labute approximate surface area is 175 Å². The van der Waals surface area contributed by atoms with Gasteiger partial charge in [0.05, 0.1) is 4.90 Å². The lowest BCUT2D eigenvalue weighted by atomic mass is 10.1. The number of rotatable bonds is 8. The summed E-state index contributed by atoms with van der Waals surface area (Å²) < 4.78 is 26.4. The van der Waals surface area contributed by atoms with Crippen molar-refractivity contribution in [3.05, 3.63) is 58.1 Å². The topological polar surface area (TPSA) is 69.7 Å². The summed E-state index contributed by atoms with van der Waals surface area (Å²) in [6, 6.07) is 12.2. The van der Waals surface area contributed by atoms with Crippen LogP contribution in [0.1, 0.15) is 29.8 Å². The second-order valence-corrected chi connectivity index (χ2v) is 9.52. The number of halogens is 1. The number of hydrogen-bond donors (Lipinski definition) is 1.